The molecule has 30 heavy (non-hydrogen) atoms. The average Bonchev–Trinajstić information content (AvgIpc) is 3.08. The van der Waals surface area contributed by atoms with E-state index in [9.17, 15) is 9.59 Å². The monoisotopic (exact) mass is 477 g/mol. The third-order valence-corrected chi connectivity index (χ3v) is 5.53. The number of hydrogen-bond donors (Lipinski definition) is 1. The number of guanidine groups is 1. The van der Waals surface area contributed by atoms with Crippen molar-refractivity contribution in [3.8, 4) is 5.75 Å². The van der Waals surface area contributed by atoms with E-state index >= 15 is 0 Å². The summed E-state index contributed by atoms with van der Waals surface area (Å²) in [6.07, 6.45) is 2.49. The Labute approximate surface area is 184 Å². The van der Waals surface area contributed by atoms with Crippen LogP contribution in [0.15, 0.2) is 32.8 Å². The topological polar surface area (TPSA) is 89.6 Å². The van der Waals surface area contributed by atoms with E-state index in [1.807, 2.05) is 22.8 Å². The zero-order valence-corrected chi connectivity index (χ0v) is 19.3. The molecule has 1 saturated heterocycles. The molecule has 1 aromatic rings. The zero-order valence-electron chi connectivity index (χ0n) is 17.7. The van der Waals surface area contributed by atoms with E-state index < -0.39 is 12.1 Å². The third-order valence-electron chi connectivity index (χ3n) is 5.04. The van der Waals surface area contributed by atoms with Gasteiger partial charge in [-0.25, -0.2) is 9.37 Å². The van der Waals surface area contributed by atoms with E-state index in [0.717, 1.165) is 21.4 Å². The Kier molecular flexibility index (Phi) is 6.55. The number of amidine groups is 1. The number of fused-ring (bicyclic) bond motifs is 1. The van der Waals surface area contributed by atoms with Gasteiger partial charge in [0.1, 0.15) is 5.75 Å². The van der Waals surface area contributed by atoms with Gasteiger partial charge in [0, 0.05) is 24.1 Å². The van der Waals surface area contributed by atoms with E-state index in [0.29, 0.717) is 30.0 Å². The lowest BCUT2D eigenvalue weighted by Crippen LogP contribution is -2.61. The first-order valence-corrected chi connectivity index (χ1v) is 10.4. The van der Waals surface area contributed by atoms with Gasteiger partial charge in [-0.1, -0.05) is 34.8 Å². The lowest BCUT2D eigenvalue weighted by Gasteiger charge is -2.31. The number of nitrogens with one attached hydrogen (secondary N) is 1. The van der Waals surface area contributed by atoms with Crippen molar-refractivity contribution in [3.63, 3.8) is 0 Å². The zero-order chi connectivity index (χ0) is 22.0. The number of nitrogens with zero attached hydrogens (tertiary/aromatic N) is 5. The first kappa shape index (κ1) is 21.9. The minimum atomic E-state index is -0.644. The summed E-state index contributed by atoms with van der Waals surface area (Å²) in [5, 5.41) is 4.31. The van der Waals surface area contributed by atoms with E-state index in [1.54, 1.807) is 20.4 Å². The normalized spacial score (nSPS) is 19.2. The van der Waals surface area contributed by atoms with Gasteiger partial charge in [0.25, 0.3) is 5.91 Å². The number of likely N-dealkylation sites (N-methyl/N-ethyl adjacent to an activating group) is 2. The Morgan fingerprint density at radius 1 is 1.33 bits per heavy atom. The van der Waals surface area contributed by atoms with Crippen molar-refractivity contribution in [1.82, 2.24) is 15.2 Å². The molecule has 1 unspecified atom stereocenters. The highest BCUT2D eigenvalue weighted by molar-refractivity contribution is 9.10. The molecule has 0 radical (unpaired) electrons. The molecule has 0 spiro atoms. The van der Waals surface area contributed by atoms with E-state index in [-0.39, 0.29) is 5.91 Å². The highest BCUT2D eigenvalue weighted by Crippen LogP contribution is 2.22. The van der Waals surface area contributed by atoms with Gasteiger partial charge in [0.2, 0.25) is 11.9 Å². The fourth-order valence-electron chi connectivity index (χ4n) is 3.29. The number of aliphatic imine (C=N–C) groups is 1. The van der Waals surface area contributed by atoms with Crippen LogP contribution in [0, 0.1) is 5.92 Å². The summed E-state index contributed by atoms with van der Waals surface area (Å²) in [4.78, 5) is 32.2. The molecule has 160 valence electrons. The number of rotatable bonds is 6. The second-order valence-corrected chi connectivity index (χ2v) is 8.48. The maximum absolute atomic E-state index is 12.8. The average molecular weight is 478 g/mol. The molecule has 1 atom stereocenters. The molecule has 2 aliphatic rings. The summed E-state index contributed by atoms with van der Waals surface area (Å²) in [5.74, 6) is 1.67. The molecule has 0 saturated carbocycles. The van der Waals surface area contributed by atoms with Crippen LogP contribution < -0.4 is 10.2 Å². The lowest BCUT2D eigenvalue weighted by molar-refractivity contribution is -0.538. The SMILES string of the molecule is COc1ccc(Br)cc1/C=N/NC1=[N+](CCC(C)C)C2C(=O)N(C)C(=O)N(C)C2=N1. The number of benzene rings is 1. The van der Waals surface area contributed by atoms with Crippen molar-refractivity contribution < 1.29 is 18.9 Å². The summed E-state index contributed by atoms with van der Waals surface area (Å²) in [7, 11) is 4.71. The number of imide groups is 1. The van der Waals surface area contributed by atoms with E-state index in [1.165, 1.54) is 11.9 Å². The maximum Gasteiger partial charge on any atom is 0.413 e. The summed E-state index contributed by atoms with van der Waals surface area (Å²) < 4.78 is 8.13. The molecule has 1 N–H and O–H groups in total. The van der Waals surface area contributed by atoms with Crippen LogP contribution in [0.2, 0.25) is 0 Å². The molecule has 0 aliphatic carbocycles. The van der Waals surface area contributed by atoms with Gasteiger partial charge in [0.15, 0.2) is 0 Å². The van der Waals surface area contributed by atoms with Crippen LogP contribution in [0.1, 0.15) is 25.8 Å². The summed E-state index contributed by atoms with van der Waals surface area (Å²) in [6, 6.07) is 4.56. The molecule has 2 heterocycles. The predicted octanol–water partition coefficient (Wildman–Crippen LogP) is 2.10. The minimum absolute atomic E-state index is 0.296. The van der Waals surface area contributed by atoms with Gasteiger partial charge >= 0.3 is 12.0 Å². The smallest absolute Gasteiger partial charge is 0.413 e. The van der Waals surface area contributed by atoms with Crippen LogP contribution >= 0.6 is 15.9 Å². The van der Waals surface area contributed by atoms with Crippen LogP contribution in [0.5, 0.6) is 5.75 Å². The van der Waals surface area contributed by atoms with Crippen molar-refractivity contribution in [1.29, 1.82) is 0 Å². The standard InChI is InChI=1S/C20H25BrN6O3/c1-12(2)8-9-27-16-17(25(3)20(29)26(4)18(16)28)23-19(27)24-22-11-13-10-14(21)6-7-15(13)30-5/h6-7,10-12,16H,8-9H2,1-5H3/p+1/b22-11+. The lowest BCUT2D eigenvalue weighted by atomic mass is 10.1. The fraction of sp³-hybridized carbons (Fsp3) is 0.450. The van der Waals surface area contributed by atoms with Crippen molar-refractivity contribution in [2.24, 2.45) is 16.0 Å². The second-order valence-electron chi connectivity index (χ2n) is 7.57. The number of halogens is 1. The van der Waals surface area contributed by atoms with E-state index in [2.05, 4.69) is 45.3 Å². The number of urea groups is 1. The Balaban J connectivity index is 1.91. The Bertz CT molecular complexity index is 956. The molecule has 0 aromatic heterocycles. The number of methoxy groups -OCH3 is 1. The largest absolute Gasteiger partial charge is 0.496 e. The van der Waals surface area contributed by atoms with Gasteiger partial charge < -0.3 is 4.74 Å². The van der Waals surface area contributed by atoms with Crippen LogP contribution in [-0.2, 0) is 4.79 Å². The Morgan fingerprint density at radius 3 is 2.73 bits per heavy atom. The van der Waals surface area contributed by atoms with E-state index in [4.69, 9.17) is 4.74 Å². The molecule has 2 aliphatic heterocycles. The number of amides is 3. The molecular weight excluding hydrogens is 452 g/mol. The predicted molar refractivity (Wildman–Crippen MR) is 118 cm³/mol. The molecular formula is C20H26BrN6O3+. The Hall–Kier alpha value is -2.75. The summed E-state index contributed by atoms with van der Waals surface area (Å²) in [6.45, 7) is 4.84. The first-order valence-electron chi connectivity index (χ1n) is 9.64. The molecule has 3 rings (SSSR count). The second kappa shape index (κ2) is 8.95. The number of carbonyl (C=O) groups excluding carboxylic acids is 2. The summed E-state index contributed by atoms with van der Waals surface area (Å²) >= 11 is 3.44. The van der Waals surface area contributed by atoms with Crippen LogP contribution in [-0.4, -0.2) is 78.1 Å². The van der Waals surface area contributed by atoms with Crippen LogP contribution in [0.25, 0.3) is 0 Å². The van der Waals surface area contributed by atoms with Crippen molar-refractivity contribution in [3.05, 3.63) is 28.2 Å². The maximum atomic E-state index is 12.8. The fourth-order valence-corrected chi connectivity index (χ4v) is 3.66. The highest BCUT2D eigenvalue weighted by Gasteiger charge is 2.51. The number of hydrazone groups is 1. The van der Waals surface area contributed by atoms with Gasteiger partial charge in [-0.2, -0.15) is 5.43 Å². The van der Waals surface area contributed by atoms with Gasteiger partial charge in [-0.3, -0.25) is 14.6 Å². The third kappa shape index (κ3) is 4.23. The van der Waals surface area contributed by atoms with Gasteiger partial charge in [0.05, 0.1) is 19.9 Å². The molecule has 3 amide bonds. The highest BCUT2D eigenvalue weighted by atomic mass is 79.9. The Morgan fingerprint density at radius 2 is 2.07 bits per heavy atom. The van der Waals surface area contributed by atoms with Gasteiger partial charge in [-0.15, -0.1) is 5.10 Å². The summed E-state index contributed by atoms with van der Waals surface area (Å²) in [5.41, 5.74) is 3.72. The molecule has 9 nitrogen and oxygen atoms in total. The molecule has 1 fully saturated rings. The van der Waals surface area contributed by atoms with Crippen molar-refractivity contribution in [2.75, 3.05) is 27.7 Å². The van der Waals surface area contributed by atoms with Gasteiger partial charge in [-0.05, 0) is 30.5 Å². The number of ether oxygens (including phenoxy) is 1. The minimum Gasteiger partial charge on any atom is -0.496 e. The number of carbonyl (C=O) groups is 2. The molecule has 1 aromatic carbocycles. The van der Waals surface area contributed by atoms with Crippen molar-refractivity contribution in [2.45, 2.75) is 26.3 Å². The molecule has 0 bridgehead atoms. The van der Waals surface area contributed by atoms with Crippen molar-refractivity contribution >= 4 is 45.9 Å². The molecule has 10 heteroatoms. The van der Waals surface area contributed by atoms with Crippen LogP contribution in [0.4, 0.5) is 4.79 Å². The van der Waals surface area contributed by atoms with Crippen LogP contribution in [0.3, 0.4) is 0 Å². The first-order chi connectivity index (χ1) is 14.2. The quantitative estimate of drug-likeness (QED) is 0.385. The number of hydrogen-bond acceptors (Lipinski definition) is 6.